The fourth-order valence-corrected chi connectivity index (χ4v) is 5.54. The van der Waals surface area contributed by atoms with E-state index in [0.29, 0.717) is 30.1 Å². The lowest BCUT2D eigenvalue weighted by molar-refractivity contribution is -0.119. The van der Waals surface area contributed by atoms with Gasteiger partial charge in [-0.25, -0.2) is 12.8 Å². The van der Waals surface area contributed by atoms with E-state index in [-0.39, 0.29) is 29.8 Å². The summed E-state index contributed by atoms with van der Waals surface area (Å²) in [4.78, 5) is 14.1. The number of carbonyl (C=O) groups excluding carboxylic acids is 1. The normalized spacial score (nSPS) is 23.4. The van der Waals surface area contributed by atoms with Crippen LogP contribution in [0, 0.1) is 11.7 Å². The number of nitrogens with zero attached hydrogens (tertiary/aromatic N) is 1. The van der Waals surface area contributed by atoms with E-state index in [2.05, 4.69) is 0 Å². The average molecular weight is 360 g/mol. The molecule has 0 radical (unpaired) electrons. The van der Waals surface area contributed by atoms with E-state index in [1.807, 2.05) is 0 Å². The van der Waals surface area contributed by atoms with Crippen molar-refractivity contribution in [3.05, 3.63) is 28.5 Å². The zero-order valence-corrected chi connectivity index (χ0v) is 14.3. The minimum Gasteiger partial charge on any atom is -0.309 e. The van der Waals surface area contributed by atoms with Gasteiger partial charge >= 0.3 is 0 Å². The average Bonchev–Trinajstić information content (AvgIpc) is 2.45. The Kier molecular flexibility index (Phi) is 4.65. The largest absolute Gasteiger partial charge is 0.309 e. The first kappa shape index (κ1) is 16.7. The summed E-state index contributed by atoms with van der Waals surface area (Å²) in [5.74, 6) is -0.590. The summed E-state index contributed by atoms with van der Waals surface area (Å²) in [5.41, 5.74) is 1.05. The maximum Gasteiger partial charge on any atom is 0.227 e. The molecule has 0 saturated carbocycles. The van der Waals surface area contributed by atoms with Crippen LogP contribution in [0.25, 0.3) is 0 Å². The maximum atomic E-state index is 14.3. The van der Waals surface area contributed by atoms with E-state index in [1.54, 1.807) is 6.07 Å². The van der Waals surface area contributed by atoms with Gasteiger partial charge in [-0.15, -0.1) is 0 Å². The summed E-state index contributed by atoms with van der Waals surface area (Å²) in [6, 6.07) is 2.92. The van der Waals surface area contributed by atoms with Gasteiger partial charge < -0.3 is 4.90 Å². The molecule has 0 aliphatic carbocycles. The lowest BCUT2D eigenvalue weighted by Gasteiger charge is -2.32. The van der Waals surface area contributed by atoms with Crippen molar-refractivity contribution >= 4 is 33.0 Å². The number of hydrogen-bond acceptors (Lipinski definition) is 3. The monoisotopic (exact) mass is 359 g/mol. The molecule has 0 bridgehead atoms. The van der Waals surface area contributed by atoms with Crippen molar-refractivity contribution in [3.8, 4) is 0 Å². The van der Waals surface area contributed by atoms with Gasteiger partial charge in [0.1, 0.15) is 5.82 Å². The van der Waals surface area contributed by atoms with Crippen LogP contribution in [0.5, 0.6) is 0 Å². The van der Waals surface area contributed by atoms with Crippen molar-refractivity contribution in [2.24, 2.45) is 5.92 Å². The number of sulfone groups is 1. The Hall–Kier alpha value is -1.14. The third-order valence-corrected chi connectivity index (χ3v) is 6.63. The van der Waals surface area contributed by atoms with Crippen LogP contribution in [-0.2, 0) is 21.1 Å². The van der Waals surface area contributed by atoms with E-state index >= 15 is 0 Å². The number of rotatable bonds is 2. The molecule has 2 aliphatic heterocycles. The van der Waals surface area contributed by atoms with Crippen molar-refractivity contribution < 1.29 is 17.6 Å². The molecule has 1 fully saturated rings. The first-order valence-electron chi connectivity index (χ1n) is 7.84. The second-order valence-corrected chi connectivity index (χ2v) is 9.04. The van der Waals surface area contributed by atoms with Crippen molar-refractivity contribution in [3.63, 3.8) is 0 Å². The van der Waals surface area contributed by atoms with Gasteiger partial charge in [0.25, 0.3) is 0 Å². The smallest absolute Gasteiger partial charge is 0.227 e. The molecule has 1 saturated heterocycles. The molecule has 7 heteroatoms. The standard InChI is InChI=1S/C16H19ClFNO3S/c17-13-8-12-4-1-5-19(16(12)14(18)9-13)15(20)7-11-3-2-6-23(21,22)10-11/h8-9,11H,1-7,10H2. The molecule has 1 aromatic rings. The van der Waals surface area contributed by atoms with Crippen molar-refractivity contribution in [2.45, 2.75) is 32.1 Å². The number of fused-ring (bicyclic) bond motifs is 1. The number of carbonyl (C=O) groups is 1. The Balaban J connectivity index is 1.79. The van der Waals surface area contributed by atoms with Gasteiger partial charge in [0.05, 0.1) is 17.2 Å². The fraction of sp³-hybridized carbons (Fsp3) is 0.562. The van der Waals surface area contributed by atoms with E-state index in [9.17, 15) is 17.6 Å². The third-order valence-electron chi connectivity index (χ3n) is 4.53. The summed E-state index contributed by atoms with van der Waals surface area (Å²) >= 11 is 5.89. The highest BCUT2D eigenvalue weighted by atomic mass is 35.5. The first-order valence-corrected chi connectivity index (χ1v) is 10.0. The molecule has 3 rings (SSSR count). The molecular formula is C16H19ClFNO3S. The zero-order valence-electron chi connectivity index (χ0n) is 12.7. The van der Waals surface area contributed by atoms with Gasteiger partial charge in [-0.05, 0) is 49.3 Å². The van der Waals surface area contributed by atoms with E-state index in [1.165, 1.54) is 11.0 Å². The SMILES string of the molecule is O=C(CC1CCCS(=O)(=O)C1)N1CCCc2cc(Cl)cc(F)c21. The van der Waals surface area contributed by atoms with Crippen LogP contribution in [0.3, 0.4) is 0 Å². The highest BCUT2D eigenvalue weighted by Crippen LogP contribution is 2.34. The van der Waals surface area contributed by atoms with Crippen molar-refractivity contribution in [1.29, 1.82) is 0 Å². The number of amides is 1. The predicted octanol–water partition coefficient (Wildman–Crippen LogP) is 2.97. The lowest BCUT2D eigenvalue weighted by atomic mass is 9.97. The molecule has 1 atom stereocenters. The molecule has 0 spiro atoms. The number of aryl methyl sites for hydroxylation is 1. The zero-order chi connectivity index (χ0) is 16.6. The van der Waals surface area contributed by atoms with Crippen molar-refractivity contribution in [2.75, 3.05) is 23.0 Å². The maximum absolute atomic E-state index is 14.3. The van der Waals surface area contributed by atoms with Crippen LogP contribution >= 0.6 is 11.6 Å². The molecule has 2 aliphatic rings. The quantitative estimate of drug-likeness (QED) is 0.815. The van der Waals surface area contributed by atoms with E-state index in [0.717, 1.165) is 18.4 Å². The van der Waals surface area contributed by atoms with Gasteiger partial charge in [-0.3, -0.25) is 4.79 Å². The summed E-state index contributed by atoms with van der Waals surface area (Å²) in [6.07, 6.45) is 2.92. The molecule has 23 heavy (non-hydrogen) atoms. The van der Waals surface area contributed by atoms with E-state index < -0.39 is 15.7 Å². The summed E-state index contributed by atoms with van der Waals surface area (Å²) in [7, 11) is -3.04. The van der Waals surface area contributed by atoms with Crippen LogP contribution in [0.4, 0.5) is 10.1 Å². The Bertz CT molecular complexity index is 735. The Labute approximate surface area is 140 Å². The van der Waals surface area contributed by atoms with Gasteiger partial charge in [-0.2, -0.15) is 0 Å². The van der Waals surface area contributed by atoms with Gasteiger partial charge in [0, 0.05) is 18.0 Å². The summed E-state index contributed by atoms with van der Waals surface area (Å²) < 4.78 is 37.7. The number of halogens is 2. The topological polar surface area (TPSA) is 54.5 Å². The minimum absolute atomic E-state index is 0.0581. The second-order valence-electron chi connectivity index (χ2n) is 6.37. The Morgan fingerprint density at radius 1 is 1.35 bits per heavy atom. The van der Waals surface area contributed by atoms with Gasteiger partial charge in [0.2, 0.25) is 5.91 Å². The van der Waals surface area contributed by atoms with Crippen LogP contribution in [0.15, 0.2) is 12.1 Å². The van der Waals surface area contributed by atoms with Crippen molar-refractivity contribution in [1.82, 2.24) is 0 Å². The van der Waals surface area contributed by atoms with Crippen LogP contribution in [-0.4, -0.2) is 32.4 Å². The second kappa shape index (κ2) is 6.40. The minimum atomic E-state index is -3.04. The Morgan fingerprint density at radius 3 is 2.87 bits per heavy atom. The molecule has 126 valence electrons. The first-order chi connectivity index (χ1) is 10.9. The highest BCUT2D eigenvalue weighted by Gasteiger charge is 2.31. The van der Waals surface area contributed by atoms with Gasteiger partial charge in [0.15, 0.2) is 9.84 Å². The highest BCUT2D eigenvalue weighted by molar-refractivity contribution is 7.91. The molecule has 0 aromatic heterocycles. The molecule has 2 heterocycles. The van der Waals surface area contributed by atoms with E-state index in [4.69, 9.17) is 11.6 Å². The number of benzene rings is 1. The molecular weight excluding hydrogens is 341 g/mol. The van der Waals surface area contributed by atoms with Crippen LogP contribution in [0.2, 0.25) is 5.02 Å². The molecule has 1 unspecified atom stereocenters. The number of anilines is 1. The summed E-state index contributed by atoms with van der Waals surface area (Å²) in [5, 5.41) is 0.328. The number of hydrogen-bond donors (Lipinski definition) is 0. The third kappa shape index (κ3) is 3.69. The molecule has 0 N–H and O–H groups in total. The van der Waals surface area contributed by atoms with Crippen LogP contribution < -0.4 is 4.90 Å². The molecule has 1 amide bonds. The predicted molar refractivity (Wildman–Crippen MR) is 88.1 cm³/mol. The Morgan fingerprint density at radius 2 is 2.13 bits per heavy atom. The van der Waals surface area contributed by atoms with Gasteiger partial charge in [-0.1, -0.05) is 11.6 Å². The summed E-state index contributed by atoms with van der Waals surface area (Å²) in [6.45, 7) is 0.462. The fourth-order valence-electron chi connectivity index (χ4n) is 3.54. The lowest BCUT2D eigenvalue weighted by Crippen LogP contribution is -2.38. The van der Waals surface area contributed by atoms with Crippen LogP contribution in [0.1, 0.15) is 31.2 Å². The molecule has 1 aromatic carbocycles. The molecule has 4 nitrogen and oxygen atoms in total.